The zero-order valence-corrected chi connectivity index (χ0v) is 13.4. The van der Waals surface area contributed by atoms with Crippen molar-refractivity contribution in [1.29, 1.82) is 0 Å². The number of hydrogen-bond donors (Lipinski definition) is 1. The van der Waals surface area contributed by atoms with Crippen LogP contribution >= 0.6 is 27.3 Å². The van der Waals surface area contributed by atoms with E-state index in [2.05, 4.69) is 31.3 Å². The predicted molar refractivity (Wildman–Crippen MR) is 79.3 cm³/mol. The van der Waals surface area contributed by atoms with Crippen molar-refractivity contribution in [1.82, 2.24) is 14.8 Å². The van der Waals surface area contributed by atoms with Crippen molar-refractivity contribution < 1.29 is 4.79 Å². The highest BCUT2D eigenvalue weighted by molar-refractivity contribution is 9.10. The Morgan fingerprint density at radius 1 is 1.58 bits per heavy atom. The molecule has 0 unspecified atom stereocenters. The van der Waals surface area contributed by atoms with Crippen molar-refractivity contribution in [2.45, 2.75) is 27.3 Å². The molecule has 0 fully saturated rings. The molecule has 1 amide bonds. The fourth-order valence-electron chi connectivity index (χ4n) is 1.71. The van der Waals surface area contributed by atoms with Crippen molar-refractivity contribution in [2.24, 2.45) is 5.92 Å². The van der Waals surface area contributed by atoms with Gasteiger partial charge in [-0.05, 0) is 29.8 Å². The number of anilines is 1. The van der Waals surface area contributed by atoms with Crippen LogP contribution in [0.25, 0.3) is 0 Å². The number of carbonyl (C=O) groups excluding carboxylic acids is 1. The molecule has 0 saturated carbocycles. The van der Waals surface area contributed by atoms with Crippen LogP contribution in [-0.2, 0) is 11.3 Å². The molecule has 0 bridgehead atoms. The minimum absolute atomic E-state index is 0.0429. The smallest absolute Gasteiger partial charge is 0.230 e. The van der Waals surface area contributed by atoms with E-state index in [1.54, 1.807) is 6.20 Å². The van der Waals surface area contributed by atoms with E-state index in [9.17, 15) is 4.79 Å². The van der Waals surface area contributed by atoms with Gasteiger partial charge in [-0.2, -0.15) is 5.10 Å². The number of halogens is 1. The zero-order valence-electron chi connectivity index (χ0n) is 11.0. The first-order chi connectivity index (χ1) is 8.99. The predicted octanol–water partition coefficient (Wildman–Crippen LogP) is 2.99. The van der Waals surface area contributed by atoms with Crippen molar-refractivity contribution in [3.8, 4) is 0 Å². The van der Waals surface area contributed by atoms with E-state index in [1.165, 1.54) is 11.3 Å². The average molecular weight is 343 g/mol. The molecule has 2 rings (SSSR count). The van der Waals surface area contributed by atoms with Gasteiger partial charge in [-0.25, -0.2) is 4.98 Å². The van der Waals surface area contributed by atoms with E-state index in [0.717, 1.165) is 15.9 Å². The summed E-state index contributed by atoms with van der Waals surface area (Å²) in [5.74, 6) is -0.215. The highest BCUT2D eigenvalue weighted by Gasteiger charge is 2.17. The number of carbonyl (C=O) groups is 1. The van der Waals surface area contributed by atoms with Crippen molar-refractivity contribution in [3.05, 3.63) is 27.4 Å². The first kappa shape index (κ1) is 14.2. The van der Waals surface area contributed by atoms with Crippen LogP contribution in [0, 0.1) is 19.8 Å². The second-order valence-electron chi connectivity index (χ2n) is 4.39. The first-order valence-corrected chi connectivity index (χ1v) is 7.56. The fourth-order valence-corrected chi connectivity index (χ4v) is 2.52. The van der Waals surface area contributed by atoms with E-state index < -0.39 is 0 Å². The van der Waals surface area contributed by atoms with E-state index >= 15 is 0 Å². The third kappa shape index (κ3) is 3.22. The van der Waals surface area contributed by atoms with Crippen LogP contribution in [-0.4, -0.2) is 20.7 Å². The Kier molecular flexibility index (Phi) is 4.36. The second kappa shape index (κ2) is 5.83. The normalized spacial score (nSPS) is 12.4. The summed E-state index contributed by atoms with van der Waals surface area (Å²) in [6, 6.07) is 0. The molecule has 0 aliphatic carbocycles. The second-order valence-corrected chi connectivity index (χ2v) is 6.08. The summed E-state index contributed by atoms with van der Waals surface area (Å²) >= 11 is 4.89. The lowest BCUT2D eigenvalue weighted by Crippen LogP contribution is -2.25. The van der Waals surface area contributed by atoms with Crippen LogP contribution in [0.5, 0.6) is 0 Å². The van der Waals surface area contributed by atoms with Gasteiger partial charge in [0, 0.05) is 17.3 Å². The van der Waals surface area contributed by atoms with Crippen LogP contribution < -0.4 is 5.32 Å². The van der Waals surface area contributed by atoms with Crippen molar-refractivity contribution >= 4 is 38.3 Å². The molecule has 1 atom stereocenters. The van der Waals surface area contributed by atoms with E-state index in [-0.39, 0.29) is 11.8 Å². The van der Waals surface area contributed by atoms with Crippen molar-refractivity contribution in [3.63, 3.8) is 0 Å². The molecule has 5 nitrogen and oxygen atoms in total. The SMILES string of the molecule is Cc1nn(C[C@@H](C)C(=O)Nc2nccs2)c(C)c1Br. The van der Waals surface area contributed by atoms with Gasteiger partial charge in [0.15, 0.2) is 5.13 Å². The molecule has 0 aliphatic rings. The van der Waals surface area contributed by atoms with Crippen molar-refractivity contribution in [2.75, 3.05) is 5.32 Å². The van der Waals surface area contributed by atoms with E-state index in [0.29, 0.717) is 11.7 Å². The number of nitrogens with zero attached hydrogens (tertiary/aromatic N) is 3. The molecule has 2 heterocycles. The van der Waals surface area contributed by atoms with Gasteiger partial charge in [-0.1, -0.05) is 6.92 Å². The Bertz CT molecular complexity index is 579. The van der Waals surface area contributed by atoms with Gasteiger partial charge in [-0.3, -0.25) is 9.48 Å². The molecule has 102 valence electrons. The lowest BCUT2D eigenvalue weighted by Gasteiger charge is -2.12. The highest BCUT2D eigenvalue weighted by atomic mass is 79.9. The molecular formula is C12H15BrN4OS. The molecule has 0 radical (unpaired) electrons. The monoisotopic (exact) mass is 342 g/mol. The molecule has 0 spiro atoms. The van der Waals surface area contributed by atoms with Gasteiger partial charge in [0.1, 0.15) is 0 Å². The van der Waals surface area contributed by atoms with Crippen LogP contribution in [0.3, 0.4) is 0 Å². The third-order valence-electron chi connectivity index (χ3n) is 2.85. The third-order valence-corrected chi connectivity index (χ3v) is 4.69. The maximum absolute atomic E-state index is 12.0. The topological polar surface area (TPSA) is 59.8 Å². The maximum atomic E-state index is 12.0. The number of nitrogens with one attached hydrogen (secondary N) is 1. The lowest BCUT2D eigenvalue weighted by molar-refractivity contribution is -0.119. The molecular weight excluding hydrogens is 328 g/mol. The summed E-state index contributed by atoms with van der Waals surface area (Å²) in [7, 11) is 0. The van der Waals surface area contributed by atoms with Crippen LogP contribution in [0.1, 0.15) is 18.3 Å². The Morgan fingerprint density at radius 2 is 2.32 bits per heavy atom. The molecule has 2 aromatic heterocycles. The van der Waals surface area contributed by atoms with Gasteiger partial charge in [-0.15, -0.1) is 11.3 Å². The summed E-state index contributed by atoms with van der Waals surface area (Å²) in [6.07, 6.45) is 1.67. The molecule has 0 aliphatic heterocycles. The molecule has 0 saturated heterocycles. The number of thiazole rings is 1. The van der Waals surface area contributed by atoms with E-state index in [1.807, 2.05) is 30.8 Å². The summed E-state index contributed by atoms with van der Waals surface area (Å²) < 4.78 is 2.85. The molecule has 2 aromatic rings. The Labute approximate surface area is 124 Å². The highest BCUT2D eigenvalue weighted by Crippen LogP contribution is 2.21. The Hall–Kier alpha value is -1.21. The molecule has 1 N–H and O–H groups in total. The van der Waals surface area contributed by atoms with Gasteiger partial charge in [0.2, 0.25) is 5.91 Å². The van der Waals surface area contributed by atoms with Crippen LogP contribution in [0.15, 0.2) is 16.0 Å². The summed E-state index contributed by atoms with van der Waals surface area (Å²) in [4.78, 5) is 16.1. The van der Waals surface area contributed by atoms with Gasteiger partial charge in [0.25, 0.3) is 0 Å². The van der Waals surface area contributed by atoms with Gasteiger partial charge < -0.3 is 5.32 Å². The number of aromatic nitrogens is 3. The molecule has 0 aromatic carbocycles. The average Bonchev–Trinajstić information content (AvgIpc) is 2.95. The number of amides is 1. The summed E-state index contributed by atoms with van der Waals surface area (Å²) in [5, 5.41) is 9.67. The largest absolute Gasteiger partial charge is 0.302 e. The van der Waals surface area contributed by atoms with Crippen LogP contribution in [0.2, 0.25) is 0 Å². The molecule has 7 heteroatoms. The Morgan fingerprint density at radius 3 is 2.84 bits per heavy atom. The zero-order chi connectivity index (χ0) is 14.0. The number of aryl methyl sites for hydroxylation is 1. The lowest BCUT2D eigenvalue weighted by atomic mass is 10.1. The van der Waals surface area contributed by atoms with Crippen LogP contribution in [0.4, 0.5) is 5.13 Å². The number of rotatable bonds is 4. The van der Waals surface area contributed by atoms with Gasteiger partial charge in [0.05, 0.1) is 22.6 Å². The number of hydrogen-bond acceptors (Lipinski definition) is 4. The van der Waals surface area contributed by atoms with Gasteiger partial charge >= 0.3 is 0 Å². The first-order valence-electron chi connectivity index (χ1n) is 5.89. The Balaban J connectivity index is 2.02. The molecule has 19 heavy (non-hydrogen) atoms. The minimum Gasteiger partial charge on any atom is -0.302 e. The fraction of sp³-hybridized carbons (Fsp3) is 0.417. The standard InChI is InChI=1S/C12H15BrN4OS/c1-7(11(18)15-12-14-4-5-19-12)6-17-9(3)10(13)8(2)16-17/h4-5,7H,6H2,1-3H3,(H,14,15,18)/t7-/m1/s1. The van der Waals surface area contributed by atoms with E-state index in [4.69, 9.17) is 0 Å². The summed E-state index contributed by atoms with van der Waals surface area (Å²) in [6.45, 7) is 6.35. The minimum atomic E-state index is -0.172. The maximum Gasteiger partial charge on any atom is 0.230 e. The summed E-state index contributed by atoms with van der Waals surface area (Å²) in [5.41, 5.74) is 1.97. The quantitative estimate of drug-likeness (QED) is 0.928.